The van der Waals surface area contributed by atoms with Crippen molar-refractivity contribution in [3.05, 3.63) is 0 Å². The van der Waals surface area contributed by atoms with Crippen LogP contribution in [0.1, 0.15) is 13.3 Å². The number of quaternary nitrogens is 1. The zero-order valence-corrected chi connectivity index (χ0v) is 6.09. The third-order valence-electron chi connectivity index (χ3n) is 0.910. The van der Waals surface area contributed by atoms with Crippen molar-refractivity contribution >= 4 is 11.9 Å². The van der Waals surface area contributed by atoms with E-state index in [4.69, 9.17) is 5.73 Å². The lowest BCUT2D eigenvalue weighted by atomic mass is 10.1. The highest BCUT2D eigenvalue weighted by atomic mass is 16.4. The molecule has 60 valence electrons. The third kappa shape index (κ3) is 5.04. The second kappa shape index (κ2) is 4.75. The second-order valence-corrected chi connectivity index (χ2v) is 1.89. The summed E-state index contributed by atoms with van der Waals surface area (Å²) in [5.41, 5.74) is 4.70. The Hall–Kier alpha value is -1.10. The van der Waals surface area contributed by atoms with Gasteiger partial charge in [-0.15, -0.1) is 0 Å². The molecule has 1 amide bonds. The Balaban J connectivity index is 0. The maximum absolute atomic E-state index is 10.0. The number of nitrogens with two attached hydrogens (primary N) is 1. The number of carbonyl (C=O) groups is 2. The summed E-state index contributed by atoms with van der Waals surface area (Å²) in [6, 6.07) is 0. The molecule has 0 heterocycles. The van der Waals surface area contributed by atoms with Crippen LogP contribution in [0.3, 0.4) is 0 Å². The van der Waals surface area contributed by atoms with Gasteiger partial charge >= 0.3 is 0 Å². The summed E-state index contributed by atoms with van der Waals surface area (Å²) < 4.78 is 0. The van der Waals surface area contributed by atoms with Gasteiger partial charge in [0.2, 0.25) is 5.91 Å². The smallest absolute Gasteiger partial charge is 0.218 e. The van der Waals surface area contributed by atoms with E-state index < -0.39 is 17.8 Å². The number of primary amides is 1. The van der Waals surface area contributed by atoms with E-state index in [1.165, 1.54) is 6.92 Å². The van der Waals surface area contributed by atoms with Crippen LogP contribution in [0.25, 0.3) is 0 Å². The van der Waals surface area contributed by atoms with Crippen molar-refractivity contribution in [1.82, 2.24) is 6.15 Å². The Morgan fingerprint density at radius 3 is 2.10 bits per heavy atom. The minimum absolute atomic E-state index is 0. The maximum Gasteiger partial charge on any atom is 0.218 e. The summed E-state index contributed by atoms with van der Waals surface area (Å²) in [5, 5.41) is 9.92. The first-order valence-electron chi connectivity index (χ1n) is 2.53. The van der Waals surface area contributed by atoms with Gasteiger partial charge in [-0.1, -0.05) is 6.92 Å². The average molecular weight is 148 g/mol. The molecule has 0 spiro atoms. The Kier molecular flexibility index (Phi) is 5.54. The molecule has 1 atom stereocenters. The zero-order valence-electron chi connectivity index (χ0n) is 6.09. The Morgan fingerprint density at radius 1 is 1.60 bits per heavy atom. The normalized spacial score (nSPS) is 11.3. The Bertz CT molecular complexity index is 135. The van der Waals surface area contributed by atoms with Crippen LogP contribution in [0.5, 0.6) is 0 Å². The lowest BCUT2D eigenvalue weighted by Gasteiger charge is -2.08. The van der Waals surface area contributed by atoms with Crippen molar-refractivity contribution in [2.45, 2.75) is 13.3 Å². The number of carboxylic acids is 1. The lowest BCUT2D eigenvalue weighted by Crippen LogP contribution is -2.32. The predicted octanol–water partition coefficient (Wildman–Crippen LogP) is -1.38. The fraction of sp³-hybridized carbons (Fsp3) is 0.600. The monoisotopic (exact) mass is 148 g/mol. The summed E-state index contributed by atoms with van der Waals surface area (Å²) in [5.74, 6) is -2.64. The van der Waals surface area contributed by atoms with Gasteiger partial charge in [0.05, 0.1) is 0 Å². The minimum atomic E-state index is -1.24. The van der Waals surface area contributed by atoms with Crippen molar-refractivity contribution in [3.63, 3.8) is 0 Å². The first-order chi connectivity index (χ1) is 4.04. The highest BCUT2D eigenvalue weighted by Gasteiger charge is 2.05. The molecule has 1 unspecified atom stereocenters. The Morgan fingerprint density at radius 2 is 2.00 bits per heavy atom. The molecule has 0 saturated heterocycles. The van der Waals surface area contributed by atoms with Crippen molar-refractivity contribution in [1.29, 1.82) is 0 Å². The number of hydrogen-bond acceptors (Lipinski definition) is 3. The molecule has 0 radical (unpaired) electrons. The quantitative estimate of drug-likeness (QED) is 0.513. The molecule has 5 nitrogen and oxygen atoms in total. The Labute approximate surface area is 58.8 Å². The van der Waals surface area contributed by atoms with E-state index in [1.807, 2.05) is 0 Å². The van der Waals surface area contributed by atoms with Gasteiger partial charge in [0, 0.05) is 18.3 Å². The maximum atomic E-state index is 10.0. The van der Waals surface area contributed by atoms with E-state index in [2.05, 4.69) is 0 Å². The number of carboxylic acid groups (broad SMARTS) is 1. The van der Waals surface area contributed by atoms with E-state index in [0.29, 0.717) is 0 Å². The van der Waals surface area contributed by atoms with Crippen molar-refractivity contribution < 1.29 is 14.7 Å². The SMILES string of the molecule is CC(CC(N)=O)C(=O)[O-].[NH4+]. The van der Waals surface area contributed by atoms with Gasteiger partial charge in [0.1, 0.15) is 0 Å². The number of amides is 1. The molecule has 0 aromatic carbocycles. The molecule has 6 N–H and O–H groups in total. The van der Waals surface area contributed by atoms with Gasteiger partial charge in [-0.2, -0.15) is 0 Å². The first kappa shape index (κ1) is 11.7. The van der Waals surface area contributed by atoms with E-state index in [-0.39, 0.29) is 12.6 Å². The van der Waals surface area contributed by atoms with Gasteiger partial charge < -0.3 is 21.8 Å². The van der Waals surface area contributed by atoms with Crippen LogP contribution in [0.4, 0.5) is 0 Å². The van der Waals surface area contributed by atoms with Crippen molar-refractivity contribution in [2.24, 2.45) is 11.7 Å². The summed E-state index contributed by atoms with van der Waals surface area (Å²) >= 11 is 0. The molecule has 0 aliphatic carbocycles. The molecule has 10 heavy (non-hydrogen) atoms. The fourth-order valence-electron chi connectivity index (χ4n) is 0.385. The van der Waals surface area contributed by atoms with Crippen LogP contribution < -0.4 is 17.0 Å². The number of carbonyl (C=O) groups excluding carboxylic acids is 2. The summed E-state index contributed by atoms with van der Waals surface area (Å²) in [6.45, 7) is 1.38. The topological polar surface area (TPSA) is 120 Å². The van der Waals surface area contributed by atoms with E-state index >= 15 is 0 Å². The molecule has 0 aromatic heterocycles. The van der Waals surface area contributed by atoms with E-state index in [9.17, 15) is 14.7 Å². The van der Waals surface area contributed by atoms with Crippen molar-refractivity contribution in [2.75, 3.05) is 0 Å². The third-order valence-corrected chi connectivity index (χ3v) is 0.910. The lowest BCUT2D eigenvalue weighted by molar-refractivity contribution is -0.311. The highest BCUT2D eigenvalue weighted by molar-refractivity contribution is 5.79. The van der Waals surface area contributed by atoms with Gasteiger partial charge in [-0.3, -0.25) is 4.79 Å². The number of aliphatic carboxylic acids is 1. The molecule has 0 aromatic rings. The molecule has 0 rings (SSSR count). The summed E-state index contributed by atoms with van der Waals surface area (Å²) in [6.07, 6.45) is -0.150. The minimum Gasteiger partial charge on any atom is -0.550 e. The largest absolute Gasteiger partial charge is 0.550 e. The predicted molar refractivity (Wildman–Crippen MR) is 34.0 cm³/mol. The standard InChI is InChI=1S/C5H9NO3.H3N/c1-3(5(8)9)2-4(6)7;/h3H,2H2,1H3,(H2,6,7)(H,8,9);1H3. The van der Waals surface area contributed by atoms with Gasteiger partial charge in [-0.25, -0.2) is 0 Å². The highest BCUT2D eigenvalue weighted by Crippen LogP contribution is 1.96. The molecule has 5 heteroatoms. The molecule has 0 aliphatic rings. The molecular weight excluding hydrogens is 136 g/mol. The van der Waals surface area contributed by atoms with Crippen LogP contribution in [-0.2, 0) is 9.59 Å². The van der Waals surface area contributed by atoms with Gasteiger partial charge in [0.25, 0.3) is 0 Å². The summed E-state index contributed by atoms with van der Waals surface area (Å²) in [4.78, 5) is 20.0. The van der Waals surface area contributed by atoms with Crippen LogP contribution in [0, 0.1) is 5.92 Å². The van der Waals surface area contributed by atoms with Crippen LogP contribution >= 0.6 is 0 Å². The number of hydrogen-bond donors (Lipinski definition) is 2. The number of rotatable bonds is 3. The van der Waals surface area contributed by atoms with E-state index in [0.717, 1.165) is 0 Å². The van der Waals surface area contributed by atoms with Gasteiger partial charge in [0.15, 0.2) is 0 Å². The molecule has 0 fully saturated rings. The molecule has 0 aliphatic heterocycles. The molecule has 0 bridgehead atoms. The summed E-state index contributed by atoms with van der Waals surface area (Å²) in [7, 11) is 0. The molecular formula is C5H12N2O3. The van der Waals surface area contributed by atoms with Crippen LogP contribution in [0.15, 0.2) is 0 Å². The van der Waals surface area contributed by atoms with Crippen LogP contribution in [-0.4, -0.2) is 11.9 Å². The second-order valence-electron chi connectivity index (χ2n) is 1.89. The van der Waals surface area contributed by atoms with Crippen LogP contribution in [0.2, 0.25) is 0 Å². The molecule has 0 saturated carbocycles. The first-order valence-corrected chi connectivity index (χ1v) is 2.53. The van der Waals surface area contributed by atoms with E-state index in [1.54, 1.807) is 0 Å². The zero-order chi connectivity index (χ0) is 7.44. The van der Waals surface area contributed by atoms with Gasteiger partial charge in [-0.05, 0) is 0 Å². The van der Waals surface area contributed by atoms with Crippen molar-refractivity contribution in [3.8, 4) is 0 Å². The average Bonchev–Trinajstić information content (AvgIpc) is 1.63. The fourth-order valence-corrected chi connectivity index (χ4v) is 0.385.